The highest BCUT2D eigenvalue weighted by atomic mass is 35.5. The molecule has 5 rings (SSSR count). The molecule has 0 spiro atoms. The van der Waals surface area contributed by atoms with Crippen LogP contribution in [0.5, 0.6) is 5.75 Å². The maximum atomic E-state index is 11.5. The Bertz CT molecular complexity index is 1230. The van der Waals surface area contributed by atoms with Gasteiger partial charge in [-0.05, 0) is 24.3 Å². The van der Waals surface area contributed by atoms with E-state index in [1.807, 2.05) is 34.2 Å². The Hall–Kier alpha value is -2.61. The second-order valence-corrected chi connectivity index (χ2v) is 8.11. The summed E-state index contributed by atoms with van der Waals surface area (Å²) in [5, 5.41) is 6.80. The van der Waals surface area contributed by atoms with E-state index in [0.717, 1.165) is 22.0 Å². The molecule has 0 aliphatic carbocycles. The first kappa shape index (κ1) is 17.5. The number of fused-ring (bicyclic) bond motifs is 2. The molecule has 1 amide bonds. The molecule has 0 saturated carbocycles. The first-order valence-electron chi connectivity index (χ1n) is 8.39. The Kier molecular flexibility index (Phi) is 4.23. The quantitative estimate of drug-likeness (QED) is 0.511. The third-order valence-electron chi connectivity index (χ3n) is 4.32. The predicted molar refractivity (Wildman–Crippen MR) is 110 cm³/mol. The lowest BCUT2D eigenvalue weighted by Crippen LogP contribution is -2.25. The van der Waals surface area contributed by atoms with Gasteiger partial charge in [0.2, 0.25) is 0 Å². The van der Waals surface area contributed by atoms with Crippen LogP contribution in [0.1, 0.15) is 10.7 Å². The second kappa shape index (κ2) is 6.77. The molecule has 140 valence electrons. The highest BCUT2D eigenvalue weighted by Gasteiger charge is 2.17. The summed E-state index contributed by atoms with van der Waals surface area (Å²) in [6.07, 6.45) is 4.26. The SMILES string of the molecule is O=C1COc2ccc(-c3csc(Cc4cn5cc(Cl)cc(Cl)c5n4)n3)cc2N1. The van der Waals surface area contributed by atoms with E-state index in [-0.39, 0.29) is 12.5 Å². The van der Waals surface area contributed by atoms with Crippen LogP contribution in [0.3, 0.4) is 0 Å². The molecule has 0 atom stereocenters. The number of aromatic nitrogens is 3. The van der Waals surface area contributed by atoms with Crippen molar-refractivity contribution in [3.05, 3.63) is 62.8 Å². The van der Waals surface area contributed by atoms with E-state index in [0.29, 0.717) is 33.6 Å². The molecule has 0 unspecified atom stereocenters. The van der Waals surface area contributed by atoms with E-state index in [2.05, 4.69) is 10.3 Å². The van der Waals surface area contributed by atoms with Crippen molar-refractivity contribution in [3.63, 3.8) is 0 Å². The van der Waals surface area contributed by atoms with Crippen LogP contribution in [0.4, 0.5) is 5.69 Å². The Morgan fingerprint density at radius 2 is 2.11 bits per heavy atom. The van der Waals surface area contributed by atoms with Crippen LogP contribution < -0.4 is 10.1 Å². The number of rotatable bonds is 3. The molecule has 1 N–H and O–H groups in total. The summed E-state index contributed by atoms with van der Waals surface area (Å²) in [5.74, 6) is 0.508. The largest absolute Gasteiger partial charge is 0.482 e. The van der Waals surface area contributed by atoms with Gasteiger partial charge >= 0.3 is 0 Å². The van der Waals surface area contributed by atoms with Crippen LogP contribution in [-0.2, 0) is 11.2 Å². The fraction of sp³-hybridized carbons (Fsp3) is 0.105. The molecule has 3 aromatic heterocycles. The second-order valence-electron chi connectivity index (χ2n) is 6.32. The summed E-state index contributed by atoms with van der Waals surface area (Å²) in [7, 11) is 0. The zero-order chi connectivity index (χ0) is 19.3. The molecule has 1 aliphatic rings. The van der Waals surface area contributed by atoms with Gasteiger partial charge in [0, 0.05) is 29.8 Å². The van der Waals surface area contributed by atoms with E-state index < -0.39 is 0 Å². The van der Waals surface area contributed by atoms with Gasteiger partial charge in [-0.25, -0.2) is 9.97 Å². The van der Waals surface area contributed by atoms with E-state index in [9.17, 15) is 4.79 Å². The van der Waals surface area contributed by atoms with Crippen molar-refractivity contribution < 1.29 is 9.53 Å². The number of halogens is 2. The van der Waals surface area contributed by atoms with Gasteiger partial charge in [0.1, 0.15) is 5.75 Å². The van der Waals surface area contributed by atoms with Crippen molar-refractivity contribution in [3.8, 4) is 17.0 Å². The minimum absolute atomic E-state index is 0.0431. The molecule has 0 radical (unpaired) electrons. The fourth-order valence-electron chi connectivity index (χ4n) is 3.08. The third-order valence-corrected chi connectivity index (χ3v) is 5.65. The number of nitrogens with zero attached hydrogens (tertiary/aromatic N) is 3. The van der Waals surface area contributed by atoms with Crippen molar-refractivity contribution in [1.82, 2.24) is 14.4 Å². The number of thiazole rings is 1. The Labute approximate surface area is 173 Å². The number of benzene rings is 1. The molecule has 0 saturated heterocycles. The molecule has 0 bridgehead atoms. The average Bonchev–Trinajstić information content (AvgIpc) is 3.28. The lowest BCUT2D eigenvalue weighted by Gasteiger charge is -2.18. The number of ether oxygens (including phenoxy) is 1. The van der Waals surface area contributed by atoms with Gasteiger partial charge in [0.25, 0.3) is 5.91 Å². The number of amides is 1. The summed E-state index contributed by atoms with van der Waals surface area (Å²) in [6, 6.07) is 7.33. The van der Waals surface area contributed by atoms with Gasteiger partial charge in [-0.1, -0.05) is 23.2 Å². The molecule has 4 aromatic rings. The number of anilines is 1. The Morgan fingerprint density at radius 3 is 3.00 bits per heavy atom. The molecular weight excluding hydrogens is 419 g/mol. The molecule has 1 aromatic carbocycles. The molecule has 4 heterocycles. The number of imidazole rings is 1. The fourth-order valence-corrected chi connectivity index (χ4v) is 4.43. The highest BCUT2D eigenvalue weighted by Crippen LogP contribution is 2.33. The lowest BCUT2D eigenvalue weighted by atomic mass is 10.1. The van der Waals surface area contributed by atoms with Gasteiger partial charge in [0.05, 0.1) is 32.1 Å². The molecule has 0 fully saturated rings. The van der Waals surface area contributed by atoms with Crippen LogP contribution in [0.2, 0.25) is 10.0 Å². The van der Waals surface area contributed by atoms with Crippen molar-refractivity contribution in [2.75, 3.05) is 11.9 Å². The smallest absolute Gasteiger partial charge is 0.262 e. The summed E-state index contributed by atoms with van der Waals surface area (Å²) in [4.78, 5) is 20.8. The molecule has 9 heteroatoms. The topological polar surface area (TPSA) is 68.5 Å². The van der Waals surface area contributed by atoms with Gasteiger partial charge in [0.15, 0.2) is 12.3 Å². The maximum Gasteiger partial charge on any atom is 0.262 e. The van der Waals surface area contributed by atoms with E-state index >= 15 is 0 Å². The van der Waals surface area contributed by atoms with E-state index in [1.165, 1.54) is 0 Å². The van der Waals surface area contributed by atoms with Crippen molar-refractivity contribution in [2.24, 2.45) is 0 Å². The predicted octanol–water partition coefficient (Wildman–Crippen LogP) is 4.69. The number of hydrogen-bond donors (Lipinski definition) is 1. The summed E-state index contributed by atoms with van der Waals surface area (Å²) >= 11 is 13.8. The number of carbonyl (C=O) groups excluding carboxylic acids is 1. The van der Waals surface area contributed by atoms with E-state index in [4.69, 9.17) is 32.9 Å². The lowest BCUT2D eigenvalue weighted by molar-refractivity contribution is -0.118. The summed E-state index contributed by atoms with van der Waals surface area (Å²) in [6.45, 7) is 0.0431. The van der Waals surface area contributed by atoms with Crippen molar-refractivity contribution in [2.45, 2.75) is 6.42 Å². The van der Waals surface area contributed by atoms with Crippen molar-refractivity contribution >= 4 is 51.8 Å². The van der Waals surface area contributed by atoms with Crippen LogP contribution in [0.15, 0.2) is 42.0 Å². The van der Waals surface area contributed by atoms with Gasteiger partial charge < -0.3 is 14.5 Å². The van der Waals surface area contributed by atoms with Gasteiger partial charge in [-0.3, -0.25) is 4.79 Å². The number of nitrogens with one attached hydrogen (secondary N) is 1. The van der Waals surface area contributed by atoms with Crippen LogP contribution in [0.25, 0.3) is 16.9 Å². The van der Waals surface area contributed by atoms with E-state index in [1.54, 1.807) is 23.6 Å². The Morgan fingerprint density at radius 1 is 1.21 bits per heavy atom. The summed E-state index contributed by atoms with van der Waals surface area (Å²) in [5.41, 5.74) is 3.94. The minimum atomic E-state index is -0.158. The first-order chi connectivity index (χ1) is 13.5. The minimum Gasteiger partial charge on any atom is -0.482 e. The van der Waals surface area contributed by atoms with Gasteiger partial charge in [-0.2, -0.15) is 0 Å². The first-order valence-corrected chi connectivity index (χ1v) is 10.0. The Balaban J connectivity index is 1.42. The molecular formula is C19H12Cl2N4O2S. The number of pyridine rings is 1. The zero-order valence-electron chi connectivity index (χ0n) is 14.3. The number of carbonyl (C=O) groups is 1. The third kappa shape index (κ3) is 3.22. The molecule has 1 aliphatic heterocycles. The zero-order valence-corrected chi connectivity index (χ0v) is 16.6. The van der Waals surface area contributed by atoms with Crippen molar-refractivity contribution in [1.29, 1.82) is 0 Å². The summed E-state index contributed by atoms with van der Waals surface area (Å²) < 4.78 is 7.22. The number of hydrogen-bond acceptors (Lipinski definition) is 5. The highest BCUT2D eigenvalue weighted by molar-refractivity contribution is 7.10. The van der Waals surface area contributed by atoms with Gasteiger partial charge in [-0.15, -0.1) is 11.3 Å². The molecule has 28 heavy (non-hydrogen) atoms. The molecule has 6 nitrogen and oxygen atoms in total. The average molecular weight is 431 g/mol. The van der Waals surface area contributed by atoms with Crippen LogP contribution in [-0.4, -0.2) is 26.9 Å². The van der Waals surface area contributed by atoms with Crippen LogP contribution >= 0.6 is 34.5 Å². The normalized spacial score (nSPS) is 13.3. The van der Waals surface area contributed by atoms with Crippen LogP contribution in [0, 0.1) is 0 Å². The maximum absolute atomic E-state index is 11.5. The standard InChI is InChI=1S/C19H12Cl2N4O2S/c20-11-4-13(21)19-22-12(7-25(19)6-11)5-18-24-15(9-28-18)10-1-2-16-14(3-10)23-17(26)8-27-16/h1-4,6-7,9H,5,8H2,(H,23,26). The monoisotopic (exact) mass is 430 g/mol.